The lowest BCUT2D eigenvalue weighted by molar-refractivity contribution is 0.536. The van der Waals surface area contributed by atoms with E-state index in [0.29, 0.717) is 0 Å². The summed E-state index contributed by atoms with van der Waals surface area (Å²) in [5.41, 5.74) is 4.60. The van der Waals surface area contributed by atoms with Gasteiger partial charge in [0.05, 0.1) is 29.0 Å². The van der Waals surface area contributed by atoms with Crippen LogP contribution in [0.3, 0.4) is 0 Å². The molecule has 6 heteroatoms. The van der Waals surface area contributed by atoms with Crippen LogP contribution in [0.5, 0.6) is 0 Å². The van der Waals surface area contributed by atoms with E-state index in [9.17, 15) is 4.79 Å². The van der Waals surface area contributed by atoms with Gasteiger partial charge in [-0.25, -0.2) is 5.10 Å². The van der Waals surface area contributed by atoms with E-state index in [1.165, 1.54) is 83.5 Å². The van der Waals surface area contributed by atoms with Crippen LogP contribution >= 0.6 is 0 Å². The van der Waals surface area contributed by atoms with Gasteiger partial charge in [0.15, 0.2) is 0 Å². The second-order valence-electron chi connectivity index (χ2n) is 10.3. The third kappa shape index (κ3) is 10.0. The normalized spacial score (nSPS) is 11.1. The average molecular weight is 518 g/mol. The van der Waals surface area contributed by atoms with E-state index in [-0.39, 0.29) is 5.56 Å². The maximum Gasteiger partial charge on any atom is 0.266 e. The van der Waals surface area contributed by atoms with Crippen LogP contribution in [0.1, 0.15) is 109 Å². The number of rotatable bonds is 19. The van der Waals surface area contributed by atoms with E-state index < -0.39 is 0 Å². The quantitative estimate of drug-likeness (QED) is 0.162. The van der Waals surface area contributed by atoms with Gasteiger partial charge in [-0.05, 0) is 37.1 Å². The third-order valence-electron chi connectivity index (χ3n) is 7.23. The third-order valence-corrected chi connectivity index (χ3v) is 7.23. The van der Waals surface area contributed by atoms with Gasteiger partial charge in [0.25, 0.3) is 5.56 Å². The van der Waals surface area contributed by atoms with Crippen molar-refractivity contribution in [2.75, 3.05) is 11.4 Å². The van der Waals surface area contributed by atoms with Crippen LogP contribution in [0, 0.1) is 0 Å². The lowest BCUT2D eigenvalue weighted by Gasteiger charge is -2.26. The first-order chi connectivity index (χ1) is 18.7. The van der Waals surface area contributed by atoms with E-state index in [4.69, 9.17) is 4.98 Å². The standard InChI is InChI=1S/C32H47N5O/c1-3-5-6-7-8-9-10-11-12-13-14-15-16-17-23-37(28-24-32(38)36-34-26-28)31-21-20-30(35-29(31)4-2)27-19-18-22-33-25-27/h18-22,24-26H,3-17,23H2,1-2H3,(H,36,38). The zero-order chi connectivity index (χ0) is 26.8. The summed E-state index contributed by atoms with van der Waals surface area (Å²) in [5.74, 6) is 0. The van der Waals surface area contributed by atoms with Gasteiger partial charge >= 0.3 is 0 Å². The molecule has 0 fully saturated rings. The molecule has 0 aliphatic heterocycles. The molecule has 3 heterocycles. The Kier molecular flexibility index (Phi) is 13.6. The Labute approximate surface area is 229 Å². The molecule has 1 N–H and O–H groups in total. The molecule has 0 amide bonds. The molecule has 38 heavy (non-hydrogen) atoms. The van der Waals surface area contributed by atoms with Crippen LogP contribution in [0.15, 0.2) is 53.7 Å². The SMILES string of the molecule is CCCCCCCCCCCCCCCCN(c1cn[nH]c(=O)c1)c1ccc(-c2cccnc2)nc1CC. The van der Waals surface area contributed by atoms with Crippen molar-refractivity contribution in [1.82, 2.24) is 20.2 Å². The number of hydrogen-bond donors (Lipinski definition) is 1. The molecule has 3 rings (SSSR count). The molecule has 0 spiro atoms. The van der Waals surface area contributed by atoms with Gasteiger partial charge in [-0.2, -0.15) is 5.10 Å². The molecule has 0 bridgehead atoms. The lowest BCUT2D eigenvalue weighted by atomic mass is 10.0. The van der Waals surface area contributed by atoms with Crippen LogP contribution < -0.4 is 10.5 Å². The second kappa shape index (κ2) is 17.5. The zero-order valence-electron chi connectivity index (χ0n) is 23.6. The van der Waals surface area contributed by atoms with E-state index in [1.54, 1.807) is 18.5 Å². The minimum atomic E-state index is -0.188. The van der Waals surface area contributed by atoms with Gasteiger partial charge in [0, 0.05) is 30.6 Å². The summed E-state index contributed by atoms with van der Waals surface area (Å²) in [7, 11) is 0. The first kappa shape index (κ1) is 29.5. The van der Waals surface area contributed by atoms with Crippen molar-refractivity contribution in [1.29, 1.82) is 0 Å². The number of nitrogens with zero attached hydrogens (tertiary/aromatic N) is 4. The lowest BCUT2D eigenvalue weighted by Crippen LogP contribution is -2.23. The smallest absolute Gasteiger partial charge is 0.266 e. The molecule has 0 aliphatic carbocycles. The molecule has 0 saturated carbocycles. The molecule has 3 aromatic rings. The number of aryl methyl sites for hydroxylation is 1. The van der Waals surface area contributed by atoms with E-state index in [1.807, 2.05) is 24.4 Å². The number of hydrogen-bond acceptors (Lipinski definition) is 5. The van der Waals surface area contributed by atoms with Crippen molar-refractivity contribution < 1.29 is 0 Å². The molecule has 0 aliphatic rings. The summed E-state index contributed by atoms with van der Waals surface area (Å²) in [4.78, 5) is 23.5. The largest absolute Gasteiger partial charge is 0.339 e. The first-order valence-electron chi connectivity index (χ1n) is 15.0. The zero-order valence-corrected chi connectivity index (χ0v) is 23.6. The number of pyridine rings is 2. The number of anilines is 2. The Hall–Kier alpha value is -3.02. The van der Waals surface area contributed by atoms with Crippen molar-refractivity contribution in [2.45, 2.75) is 110 Å². The summed E-state index contributed by atoms with van der Waals surface area (Å²) in [6.07, 6.45) is 24.9. The highest BCUT2D eigenvalue weighted by atomic mass is 16.1. The predicted octanol–water partition coefficient (Wildman–Crippen LogP) is 8.41. The Balaban J connectivity index is 1.49. The summed E-state index contributed by atoms with van der Waals surface area (Å²) < 4.78 is 0. The number of nitrogens with one attached hydrogen (secondary N) is 1. The Morgan fingerprint density at radius 1 is 0.789 bits per heavy atom. The van der Waals surface area contributed by atoms with Gasteiger partial charge in [-0.1, -0.05) is 97.3 Å². The van der Waals surface area contributed by atoms with Crippen LogP contribution in [0.4, 0.5) is 11.4 Å². The Morgan fingerprint density at radius 2 is 1.45 bits per heavy atom. The molecule has 0 unspecified atom stereocenters. The number of unbranched alkanes of at least 4 members (excludes halogenated alkanes) is 13. The molecule has 3 aromatic heterocycles. The highest BCUT2D eigenvalue weighted by molar-refractivity contribution is 5.68. The van der Waals surface area contributed by atoms with Crippen LogP contribution in [-0.4, -0.2) is 26.7 Å². The van der Waals surface area contributed by atoms with Gasteiger partial charge in [0.1, 0.15) is 0 Å². The van der Waals surface area contributed by atoms with Crippen LogP contribution in [-0.2, 0) is 6.42 Å². The van der Waals surface area contributed by atoms with Crippen molar-refractivity contribution in [3.8, 4) is 11.3 Å². The maximum atomic E-state index is 12.1. The first-order valence-corrected chi connectivity index (χ1v) is 15.0. The van der Waals surface area contributed by atoms with Gasteiger partial charge in [0.2, 0.25) is 0 Å². The van der Waals surface area contributed by atoms with E-state index >= 15 is 0 Å². The van der Waals surface area contributed by atoms with Gasteiger partial charge in [-0.3, -0.25) is 14.8 Å². The van der Waals surface area contributed by atoms with Crippen LogP contribution in [0.2, 0.25) is 0 Å². The Bertz CT molecular complexity index is 1100. The number of aromatic amines is 1. The topological polar surface area (TPSA) is 74.8 Å². The Morgan fingerprint density at radius 3 is 2.03 bits per heavy atom. The van der Waals surface area contributed by atoms with Crippen molar-refractivity contribution in [3.05, 3.63) is 65.0 Å². The summed E-state index contributed by atoms with van der Waals surface area (Å²) >= 11 is 0. The highest BCUT2D eigenvalue weighted by Crippen LogP contribution is 2.30. The molecule has 0 saturated heterocycles. The maximum absolute atomic E-state index is 12.1. The fraction of sp³-hybridized carbons (Fsp3) is 0.562. The van der Waals surface area contributed by atoms with Crippen molar-refractivity contribution in [3.63, 3.8) is 0 Å². The molecule has 6 nitrogen and oxygen atoms in total. The summed E-state index contributed by atoms with van der Waals surface area (Å²) in [6.45, 7) is 5.24. The van der Waals surface area contributed by atoms with E-state index in [0.717, 1.165) is 47.7 Å². The number of H-pyrrole nitrogens is 1. The highest BCUT2D eigenvalue weighted by Gasteiger charge is 2.16. The van der Waals surface area contributed by atoms with Gasteiger partial charge in [-0.15, -0.1) is 0 Å². The predicted molar refractivity (Wildman–Crippen MR) is 159 cm³/mol. The number of aromatic nitrogens is 4. The van der Waals surface area contributed by atoms with E-state index in [2.05, 4.69) is 40.0 Å². The molecule has 206 valence electrons. The minimum absolute atomic E-state index is 0.188. The molecule has 0 atom stereocenters. The summed E-state index contributed by atoms with van der Waals surface area (Å²) in [6, 6.07) is 9.76. The fourth-order valence-corrected chi connectivity index (χ4v) is 5.04. The average Bonchev–Trinajstić information content (AvgIpc) is 2.95. The van der Waals surface area contributed by atoms with Crippen molar-refractivity contribution >= 4 is 11.4 Å². The van der Waals surface area contributed by atoms with Crippen LogP contribution in [0.25, 0.3) is 11.3 Å². The van der Waals surface area contributed by atoms with Gasteiger partial charge < -0.3 is 4.90 Å². The molecule has 0 radical (unpaired) electrons. The summed E-state index contributed by atoms with van der Waals surface area (Å²) in [5, 5.41) is 6.56. The fourth-order valence-electron chi connectivity index (χ4n) is 5.04. The van der Waals surface area contributed by atoms with Crippen molar-refractivity contribution in [2.24, 2.45) is 0 Å². The molecular weight excluding hydrogens is 470 g/mol. The molecular formula is C32H47N5O. The molecule has 0 aromatic carbocycles. The minimum Gasteiger partial charge on any atom is -0.339 e. The second-order valence-corrected chi connectivity index (χ2v) is 10.3. The monoisotopic (exact) mass is 517 g/mol.